The van der Waals surface area contributed by atoms with Crippen molar-refractivity contribution >= 4 is 18.7 Å². The second-order valence-electron chi connectivity index (χ2n) is 4.03. The number of carbonyl (C=O) groups is 1. The van der Waals surface area contributed by atoms with Gasteiger partial charge in [0.15, 0.2) is 6.29 Å². The van der Waals surface area contributed by atoms with Gasteiger partial charge in [0.25, 0.3) is 0 Å². The molecule has 1 aromatic heterocycles. The number of nitrogens with one attached hydrogen (secondary N) is 1. The maximum atomic E-state index is 11.0. The second-order valence-corrected chi connectivity index (χ2v) is 4.03. The van der Waals surface area contributed by atoms with Crippen LogP contribution in [0.25, 0.3) is 11.3 Å². The topological polar surface area (TPSA) is 45.8 Å². The molecule has 0 bridgehead atoms. The highest BCUT2D eigenvalue weighted by atomic mass is 35.5. The van der Waals surface area contributed by atoms with E-state index < -0.39 is 0 Å². The number of hydrogen-bond acceptors (Lipinski definition) is 2. The van der Waals surface area contributed by atoms with Crippen LogP contribution in [0, 0.1) is 20.8 Å². The number of aromatic amines is 1. The molecule has 3 nitrogen and oxygen atoms in total. The van der Waals surface area contributed by atoms with E-state index in [1.807, 2.05) is 19.1 Å². The van der Waals surface area contributed by atoms with Crippen molar-refractivity contribution in [2.24, 2.45) is 0 Å². The first-order valence-electron chi connectivity index (χ1n) is 5.21. The fraction of sp³-hybridized carbons (Fsp3) is 0.231. The molecule has 0 saturated heterocycles. The van der Waals surface area contributed by atoms with Gasteiger partial charge in [-0.15, -0.1) is 12.4 Å². The number of halogens is 1. The van der Waals surface area contributed by atoms with Crippen molar-refractivity contribution in [3.05, 3.63) is 40.6 Å². The summed E-state index contributed by atoms with van der Waals surface area (Å²) in [5.74, 6) is 0. The average molecular weight is 251 g/mol. The van der Waals surface area contributed by atoms with Gasteiger partial charge in [0.1, 0.15) is 5.69 Å². The van der Waals surface area contributed by atoms with Crippen LogP contribution in [-0.4, -0.2) is 16.5 Å². The number of H-pyrrole nitrogens is 1. The molecule has 2 aromatic rings. The number of hydrogen-bond donors (Lipinski definition) is 1. The molecule has 1 heterocycles. The predicted octanol–water partition coefficient (Wildman–Crippen LogP) is 3.24. The minimum absolute atomic E-state index is 0. The number of benzene rings is 1. The highest BCUT2D eigenvalue weighted by Gasteiger charge is 2.11. The Hall–Kier alpha value is -1.61. The molecule has 0 unspecified atom stereocenters. The van der Waals surface area contributed by atoms with Gasteiger partial charge in [-0.3, -0.25) is 9.89 Å². The first kappa shape index (κ1) is 13.5. The summed E-state index contributed by atoms with van der Waals surface area (Å²) in [6, 6.07) is 6.09. The number of aldehydes is 1. The van der Waals surface area contributed by atoms with E-state index in [2.05, 4.69) is 30.1 Å². The third-order valence-corrected chi connectivity index (χ3v) is 2.89. The molecule has 0 aliphatic carbocycles. The lowest BCUT2D eigenvalue weighted by Crippen LogP contribution is -1.88. The molecule has 0 saturated carbocycles. The molecule has 1 N–H and O–H groups in total. The monoisotopic (exact) mass is 250 g/mol. The molecule has 90 valence electrons. The summed E-state index contributed by atoms with van der Waals surface area (Å²) in [4.78, 5) is 11.0. The third kappa shape index (κ3) is 2.39. The zero-order chi connectivity index (χ0) is 11.7. The van der Waals surface area contributed by atoms with Crippen molar-refractivity contribution in [1.82, 2.24) is 10.2 Å². The number of aromatic nitrogens is 2. The molecule has 0 amide bonds. The SMILES string of the molecule is Cc1ccc(-c2n[nH]c(C)c2C=O)cc1C.Cl. The van der Waals surface area contributed by atoms with Gasteiger partial charge in [0.2, 0.25) is 0 Å². The van der Waals surface area contributed by atoms with Gasteiger partial charge in [-0.25, -0.2) is 0 Å². The van der Waals surface area contributed by atoms with Crippen LogP contribution in [0.5, 0.6) is 0 Å². The first-order valence-corrected chi connectivity index (χ1v) is 5.21. The van der Waals surface area contributed by atoms with Gasteiger partial charge in [-0.2, -0.15) is 5.10 Å². The van der Waals surface area contributed by atoms with Gasteiger partial charge in [0, 0.05) is 11.3 Å². The summed E-state index contributed by atoms with van der Waals surface area (Å²) in [6.07, 6.45) is 0.851. The molecule has 0 aliphatic heterocycles. The van der Waals surface area contributed by atoms with E-state index in [0.29, 0.717) is 5.56 Å². The number of nitrogens with zero attached hydrogens (tertiary/aromatic N) is 1. The fourth-order valence-electron chi connectivity index (χ4n) is 1.69. The normalized spacial score (nSPS) is 9.82. The lowest BCUT2D eigenvalue weighted by molar-refractivity contribution is 0.112. The largest absolute Gasteiger partial charge is 0.298 e. The first-order chi connectivity index (χ1) is 7.63. The maximum absolute atomic E-state index is 11.0. The number of rotatable bonds is 2. The summed E-state index contributed by atoms with van der Waals surface area (Å²) in [7, 11) is 0. The Kier molecular flexibility index (Phi) is 4.07. The van der Waals surface area contributed by atoms with Crippen LogP contribution in [0.3, 0.4) is 0 Å². The molecule has 4 heteroatoms. The lowest BCUT2D eigenvalue weighted by Gasteiger charge is -2.03. The summed E-state index contributed by atoms with van der Waals surface area (Å²) in [5.41, 5.74) is 5.61. The van der Waals surface area contributed by atoms with Crippen LogP contribution < -0.4 is 0 Å². The highest BCUT2D eigenvalue weighted by Crippen LogP contribution is 2.24. The van der Waals surface area contributed by atoms with Crippen LogP contribution >= 0.6 is 12.4 Å². The molecule has 0 fully saturated rings. The van der Waals surface area contributed by atoms with Gasteiger partial charge in [-0.05, 0) is 38.0 Å². The summed E-state index contributed by atoms with van der Waals surface area (Å²) >= 11 is 0. The second kappa shape index (κ2) is 5.15. The quantitative estimate of drug-likeness (QED) is 0.832. The minimum Gasteiger partial charge on any atom is -0.298 e. The molecule has 0 atom stereocenters. The zero-order valence-electron chi connectivity index (χ0n) is 10.1. The molecule has 17 heavy (non-hydrogen) atoms. The van der Waals surface area contributed by atoms with Crippen molar-refractivity contribution in [3.63, 3.8) is 0 Å². The van der Waals surface area contributed by atoms with Crippen LogP contribution in [0.1, 0.15) is 27.2 Å². The molecule has 0 radical (unpaired) electrons. The molecule has 0 spiro atoms. The average Bonchev–Trinajstić information content (AvgIpc) is 2.63. The van der Waals surface area contributed by atoms with E-state index in [1.54, 1.807) is 0 Å². The smallest absolute Gasteiger partial charge is 0.154 e. The Morgan fingerprint density at radius 2 is 1.88 bits per heavy atom. The summed E-state index contributed by atoms with van der Waals surface area (Å²) in [5, 5.41) is 7.01. The van der Waals surface area contributed by atoms with Crippen LogP contribution in [0.2, 0.25) is 0 Å². The molecular formula is C13H15ClN2O. The van der Waals surface area contributed by atoms with E-state index >= 15 is 0 Å². The van der Waals surface area contributed by atoms with Crippen molar-refractivity contribution < 1.29 is 4.79 Å². The van der Waals surface area contributed by atoms with Crippen LogP contribution in [0.4, 0.5) is 0 Å². The zero-order valence-corrected chi connectivity index (χ0v) is 10.9. The van der Waals surface area contributed by atoms with E-state index in [-0.39, 0.29) is 12.4 Å². The van der Waals surface area contributed by atoms with Gasteiger partial charge < -0.3 is 0 Å². The minimum atomic E-state index is 0. The van der Waals surface area contributed by atoms with Crippen molar-refractivity contribution in [3.8, 4) is 11.3 Å². The van der Waals surface area contributed by atoms with Crippen molar-refractivity contribution in [2.45, 2.75) is 20.8 Å². The number of carbonyl (C=O) groups excluding carboxylic acids is 1. The summed E-state index contributed by atoms with van der Waals surface area (Å²) < 4.78 is 0. The van der Waals surface area contributed by atoms with E-state index in [1.165, 1.54) is 11.1 Å². The molecule has 0 aliphatic rings. The van der Waals surface area contributed by atoms with E-state index in [0.717, 1.165) is 23.2 Å². The highest BCUT2D eigenvalue weighted by molar-refractivity contribution is 5.87. The molecule has 2 rings (SSSR count). The Morgan fingerprint density at radius 3 is 2.47 bits per heavy atom. The third-order valence-electron chi connectivity index (χ3n) is 2.89. The predicted molar refractivity (Wildman–Crippen MR) is 70.9 cm³/mol. The standard InChI is InChI=1S/C13H14N2O.ClH/c1-8-4-5-11(6-9(8)2)13-12(7-16)10(3)14-15-13;/h4-7H,1-3H3,(H,14,15);1H. The van der Waals surface area contributed by atoms with E-state index in [9.17, 15) is 4.79 Å². The van der Waals surface area contributed by atoms with Crippen molar-refractivity contribution in [1.29, 1.82) is 0 Å². The van der Waals surface area contributed by atoms with Crippen molar-refractivity contribution in [2.75, 3.05) is 0 Å². The fourth-order valence-corrected chi connectivity index (χ4v) is 1.69. The van der Waals surface area contributed by atoms with Crippen LogP contribution in [0.15, 0.2) is 18.2 Å². The van der Waals surface area contributed by atoms with Crippen LogP contribution in [-0.2, 0) is 0 Å². The van der Waals surface area contributed by atoms with Gasteiger partial charge >= 0.3 is 0 Å². The lowest BCUT2D eigenvalue weighted by atomic mass is 10.0. The summed E-state index contributed by atoms with van der Waals surface area (Å²) in [6.45, 7) is 5.97. The Labute approximate surface area is 107 Å². The maximum Gasteiger partial charge on any atom is 0.154 e. The molecular weight excluding hydrogens is 236 g/mol. The van der Waals surface area contributed by atoms with Gasteiger partial charge in [-0.1, -0.05) is 12.1 Å². The number of aryl methyl sites for hydroxylation is 3. The Morgan fingerprint density at radius 1 is 1.18 bits per heavy atom. The van der Waals surface area contributed by atoms with E-state index in [4.69, 9.17) is 0 Å². The Balaban J connectivity index is 0.00000144. The van der Waals surface area contributed by atoms with Gasteiger partial charge in [0.05, 0.1) is 5.56 Å². The Bertz CT molecular complexity index is 546. The molecule has 1 aromatic carbocycles.